The lowest BCUT2D eigenvalue weighted by atomic mass is 9.87. The van der Waals surface area contributed by atoms with Crippen molar-refractivity contribution >= 4 is 5.91 Å². The molecular formula is C24H35N5O2. The van der Waals surface area contributed by atoms with Crippen LogP contribution < -0.4 is 0 Å². The summed E-state index contributed by atoms with van der Waals surface area (Å²) in [5, 5.41) is 4.16. The molecule has 2 fully saturated rings. The number of aryl methyl sites for hydroxylation is 1. The summed E-state index contributed by atoms with van der Waals surface area (Å²) in [7, 11) is 1.99. The maximum Gasteiger partial charge on any atom is 0.241 e. The Bertz CT molecular complexity index is 866. The first-order valence-electron chi connectivity index (χ1n) is 11.6. The molecule has 7 nitrogen and oxygen atoms in total. The Morgan fingerprint density at radius 1 is 1.10 bits per heavy atom. The summed E-state index contributed by atoms with van der Waals surface area (Å²) in [5.41, 5.74) is 2.15. The Hall–Kier alpha value is -2.25. The highest BCUT2D eigenvalue weighted by Gasteiger charge is 2.27. The lowest BCUT2D eigenvalue weighted by Gasteiger charge is -2.37. The average Bonchev–Trinajstić information content (AvgIpc) is 3.23. The second-order valence-electron chi connectivity index (χ2n) is 9.30. The summed E-state index contributed by atoms with van der Waals surface area (Å²) in [6.45, 7) is 9.13. The maximum atomic E-state index is 12.8. The van der Waals surface area contributed by atoms with Crippen molar-refractivity contribution in [1.82, 2.24) is 24.8 Å². The molecule has 0 spiro atoms. The minimum Gasteiger partial charge on any atom is -0.342 e. The van der Waals surface area contributed by atoms with E-state index in [1.807, 2.05) is 30.1 Å². The maximum absolute atomic E-state index is 12.8. The summed E-state index contributed by atoms with van der Waals surface area (Å²) in [5.74, 6) is 2.36. The summed E-state index contributed by atoms with van der Waals surface area (Å²) in [4.78, 5) is 24.0. The van der Waals surface area contributed by atoms with E-state index in [4.69, 9.17) is 4.52 Å². The molecule has 1 amide bonds. The van der Waals surface area contributed by atoms with Gasteiger partial charge in [-0.2, -0.15) is 4.98 Å². The highest BCUT2D eigenvalue weighted by atomic mass is 16.5. The fourth-order valence-electron chi connectivity index (χ4n) is 4.69. The third-order valence-corrected chi connectivity index (χ3v) is 6.96. The van der Waals surface area contributed by atoms with Gasteiger partial charge in [0.25, 0.3) is 0 Å². The van der Waals surface area contributed by atoms with Gasteiger partial charge in [0, 0.05) is 44.8 Å². The first kappa shape index (κ1) is 22.0. The second-order valence-corrected chi connectivity index (χ2v) is 9.30. The smallest absolute Gasteiger partial charge is 0.241 e. The SMILES string of the molecule is Cc1ccccc1-c1noc(CN2CCN(CC(=O)N(C)C3CCC(C)CC3)CC2)n1. The minimum absolute atomic E-state index is 0.257. The second kappa shape index (κ2) is 9.92. The van der Waals surface area contributed by atoms with Crippen molar-refractivity contribution in [2.24, 2.45) is 5.92 Å². The number of nitrogens with zero attached hydrogens (tertiary/aromatic N) is 5. The van der Waals surface area contributed by atoms with E-state index in [1.165, 1.54) is 12.8 Å². The molecule has 0 bridgehead atoms. The van der Waals surface area contributed by atoms with Crippen LogP contribution in [0.1, 0.15) is 44.1 Å². The summed E-state index contributed by atoms with van der Waals surface area (Å²) >= 11 is 0. The van der Waals surface area contributed by atoms with Gasteiger partial charge in [-0.05, 0) is 44.1 Å². The number of aromatic nitrogens is 2. The van der Waals surface area contributed by atoms with Crippen LogP contribution in [-0.2, 0) is 11.3 Å². The zero-order valence-electron chi connectivity index (χ0n) is 19.1. The molecule has 1 aromatic carbocycles. The van der Waals surface area contributed by atoms with E-state index in [-0.39, 0.29) is 5.91 Å². The number of rotatable bonds is 6. The zero-order valence-corrected chi connectivity index (χ0v) is 19.1. The molecule has 1 aromatic heterocycles. The van der Waals surface area contributed by atoms with Gasteiger partial charge in [-0.3, -0.25) is 14.6 Å². The molecular weight excluding hydrogens is 390 g/mol. The fourth-order valence-corrected chi connectivity index (χ4v) is 4.69. The van der Waals surface area contributed by atoms with Crippen molar-refractivity contribution in [1.29, 1.82) is 0 Å². The van der Waals surface area contributed by atoms with Crippen molar-refractivity contribution in [3.05, 3.63) is 35.7 Å². The molecule has 0 unspecified atom stereocenters. The molecule has 2 aliphatic rings. The van der Waals surface area contributed by atoms with Gasteiger partial charge in [-0.15, -0.1) is 0 Å². The highest BCUT2D eigenvalue weighted by molar-refractivity contribution is 5.78. The topological polar surface area (TPSA) is 65.7 Å². The van der Waals surface area contributed by atoms with Crippen LogP contribution in [0.3, 0.4) is 0 Å². The van der Waals surface area contributed by atoms with Crippen LogP contribution in [-0.4, -0.2) is 76.6 Å². The summed E-state index contributed by atoms with van der Waals surface area (Å²) < 4.78 is 5.50. The molecule has 1 aliphatic carbocycles. The van der Waals surface area contributed by atoms with Crippen molar-refractivity contribution < 1.29 is 9.32 Å². The van der Waals surface area contributed by atoms with Gasteiger partial charge in [0.1, 0.15) is 0 Å². The van der Waals surface area contributed by atoms with Crippen LogP contribution in [0.15, 0.2) is 28.8 Å². The molecule has 2 heterocycles. The average molecular weight is 426 g/mol. The number of carbonyl (C=O) groups excluding carboxylic acids is 1. The fraction of sp³-hybridized carbons (Fsp3) is 0.625. The van der Waals surface area contributed by atoms with Gasteiger partial charge in [0.15, 0.2) is 0 Å². The normalized spacial score (nSPS) is 23.1. The zero-order chi connectivity index (χ0) is 21.8. The molecule has 4 rings (SSSR count). The van der Waals surface area contributed by atoms with Crippen molar-refractivity contribution in [3.8, 4) is 11.4 Å². The first-order valence-corrected chi connectivity index (χ1v) is 11.6. The predicted octanol–water partition coefficient (Wildman–Crippen LogP) is 3.20. The number of likely N-dealkylation sites (N-methyl/N-ethyl adjacent to an activating group) is 1. The van der Waals surface area contributed by atoms with Crippen LogP contribution in [0, 0.1) is 12.8 Å². The number of amides is 1. The van der Waals surface area contributed by atoms with Gasteiger partial charge in [0.2, 0.25) is 17.6 Å². The monoisotopic (exact) mass is 425 g/mol. The molecule has 0 radical (unpaired) electrons. The minimum atomic E-state index is 0.257. The molecule has 1 aliphatic heterocycles. The highest BCUT2D eigenvalue weighted by Crippen LogP contribution is 2.26. The number of hydrogen-bond donors (Lipinski definition) is 0. The Kier molecular flexibility index (Phi) is 7.02. The van der Waals surface area contributed by atoms with E-state index in [0.717, 1.165) is 56.1 Å². The van der Waals surface area contributed by atoms with E-state index >= 15 is 0 Å². The van der Waals surface area contributed by atoms with E-state index in [0.29, 0.717) is 30.8 Å². The largest absolute Gasteiger partial charge is 0.342 e. The molecule has 7 heteroatoms. The van der Waals surface area contributed by atoms with Gasteiger partial charge in [-0.1, -0.05) is 36.3 Å². The third kappa shape index (κ3) is 5.52. The molecule has 1 saturated carbocycles. The third-order valence-electron chi connectivity index (χ3n) is 6.96. The Labute approximate surface area is 185 Å². The van der Waals surface area contributed by atoms with E-state index < -0.39 is 0 Å². The summed E-state index contributed by atoms with van der Waals surface area (Å²) in [6.07, 6.45) is 4.77. The summed E-state index contributed by atoms with van der Waals surface area (Å²) in [6, 6.07) is 8.50. The van der Waals surface area contributed by atoms with E-state index in [2.05, 4.69) is 39.9 Å². The predicted molar refractivity (Wildman–Crippen MR) is 120 cm³/mol. The standard InChI is InChI=1S/C24H35N5O2/c1-18-8-10-20(11-9-18)27(3)23(30)17-29-14-12-28(13-15-29)16-22-25-24(26-31-22)21-7-5-4-6-19(21)2/h4-7,18,20H,8-17H2,1-3H3. The lowest BCUT2D eigenvalue weighted by Crippen LogP contribution is -2.50. The van der Waals surface area contributed by atoms with Crippen LogP contribution in [0.2, 0.25) is 0 Å². The lowest BCUT2D eigenvalue weighted by molar-refractivity contribution is -0.134. The van der Waals surface area contributed by atoms with Crippen molar-refractivity contribution in [2.45, 2.75) is 52.1 Å². The number of carbonyl (C=O) groups is 1. The van der Waals surface area contributed by atoms with Crippen LogP contribution in [0.25, 0.3) is 11.4 Å². The van der Waals surface area contributed by atoms with Crippen molar-refractivity contribution in [3.63, 3.8) is 0 Å². The first-order chi connectivity index (χ1) is 15.0. The number of piperazine rings is 1. The van der Waals surface area contributed by atoms with Crippen LogP contribution in [0.4, 0.5) is 0 Å². The molecule has 2 aromatic rings. The quantitative estimate of drug-likeness (QED) is 0.708. The van der Waals surface area contributed by atoms with Gasteiger partial charge >= 0.3 is 0 Å². The Morgan fingerprint density at radius 3 is 2.48 bits per heavy atom. The molecule has 0 atom stereocenters. The van der Waals surface area contributed by atoms with Gasteiger partial charge in [0.05, 0.1) is 13.1 Å². The van der Waals surface area contributed by atoms with Crippen LogP contribution in [0.5, 0.6) is 0 Å². The van der Waals surface area contributed by atoms with Gasteiger partial charge in [-0.25, -0.2) is 0 Å². The molecule has 168 valence electrons. The number of hydrogen-bond acceptors (Lipinski definition) is 6. The molecule has 0 N–H and O–H groups in total. The molecule has 1 saturated heterocycles. The van der Waals surface area contributed by atoms with Gasteiger partial charge < -0.3 is 9.42 Å². The van der Waals surface area contributed by atoms with Crippen LogP contribution >= 0.6 is 0 Å². The van der Waals surface area contributed by atoms with E-state index in [1.54, 1.807) is 0 Å². The Balaban J connectivity index is 1.23. The van der Waals surface area contributed by atoms with Crippen molar-refractivity contribution in [2.75, 3.05) is 39.8 Å². The van der Waals surface area contributed by atoms with E-state index in [9.17, 15) is 4.79 Å². The number of benzene rings is 1. The molecule has 31 heavy (non-hydrogen) atoms. The Morgan fingerprint density at radius 2 is 1.77 bits per heavy atom.